The summed E-state index contributed by atoms with van der Waals surface area (Å²) in [5.74, 6) is -1.58. The van der Waals surface area contributed by atoms with Crippen molar-refractivity contribution in [1.29, 1.82) is 0 Å². The lowest BCUT2D eigenvalue weighted by molar-refractivity contribution is -0.131. The molecule has 0 aliphatic heterocycles. The Kier molecular flexibility index (Phi) is 5.11. The van der Waals surface area contributed by atoms with E-state index < -0.39 is 17.6 Å². The van der Waals surface area contributed by atoms with Gasteiger partial charge in [0.1, 0.15) is 11.6 Å². The van der Waals surface area contributed by atoms with Crippen LogP contribution in [-0.2, 0) is 10.5 Å². The molecule has 0 unspecified atom stereocenters. The van der Waals surface area contributed by atoms with E-state index in [0.29, 0.717) is 5.75 Å². The van der Waals surface area contributed by atoms with Gasteiger partial charge in [-0.3, -0.25) is 0 Å². The molecule has 0 fully saturated rings. The Balaban J connectivity index is 2.16. The summed E-state index contributed by atoms with van der Waals surface area (Å²) in [5, 5.41) is 8.66. The third kappa shape index (κ3) is 4.43. The Labute approximate surface area is 125 Å². The molecule has 0 saturated carbocycles. The number of benzene rings is 2. The van der Waals surface area contributed by atoms with Crippen LogP contribution in [-0.4, -0.2) is 11.1 Å². The molecular formula is C16H12F2O2S. The van der Waals surface area contributed by atoms with Crippen molar-refractivity contribution in [3.8, 4) is 0 Å². The van der Waals surface area contributed by atoms with Crippen molar-refractivity contribution in [3.63, 3.8) is 0 Å². The van der Waals surface area contributed by atoms with Crippen molar-refractivity contribution in [2.24, 2.45) is 0 Å². The first-order valence-electron chi connectivity index (χ1n) is 6.13. The van der Waals surface area contributed by atoms with Gasteiger partial charge in [0.25, 0.3) is 0 Å². The minimum absolute atomic E-state index is 0.229. The first kappa shape index (κ1) is 15.3. The van der Waals surface area contributed by atoms with Crippen molar-refractivity contribution in [2.45, 2.75) is 10.6 Å². The van der Waals surface area contributed by atoms with Gasteiger partial charge in [0.15, 0.2) is 0 Å². The summed E-state index contributed by atoms with van der Waals surface area (Å²) in [4.78, 5) is 10.8. The minimum Gasteiger partial charge on any atom is -0.478 e. The van der Waals surface area contributed by atoms with E-state index in [4.69, 9.17) is 5.11 Å². The van der Waals surface area contributed by atoms with Gasteiger partial charge in [-0.15, -0.1) is 11.8 Å². The van der Waals surface area contributed by atoms with E-state index in [1.165, 1.54) is 17.8 Å². The maximum atomic E-state index is 13.5. The number of rotatable bonds is 5. The summed E-state index contributed by atoms with van der Waals surface area (Å²) in [6, 6.07) is 10.5. The lowest BCUT2D eigenvalue weighted by Crippen LogP contribution is -1.90. The normalized spacial score (nSPS) is 11.0. The number of carboxylic acid groups (broad SMARTS) is 1. The number of hydrogen-bond acceptors (Lipinski definition) is 2. The molecule has 0 atom stereocenters. The number of carbonyl (C=O) groups is 1. The second-order valence-electron chi connectivity index (χ2n) is 4.23. The highest BCUT2D eigenvalue weighted by Crippen LogP contribution is 2.27. The Morgan fingerprint density at radius 2 is 1.95 bits per heavy atom. The van der Waals surface area contributed by atoms with Crippen LogP contribution in [0.3, 0.4) is 0 Å². The predicted molar refractivity (Wildman–Crippen MR) is 79.0 cm³/mol. The maximum Gasteiger partial charge on any atom is 0.328 e. The van der Waals surface area contributed by atoms with Crippen molar-refractivity contribution in [2.75, 3.05) is 0 Å². The third-order valence-electron chi connectivity index (χ3n) is 2.74. The molecule has 2 nitrogen and oxygen atoms in total. The fourth-order valence-electron chi connectivity index (χ4n) is 1.73. The Hall–Kier alpha value is -2.14. The first-order valence-corrected chi connectivity index (χ1v) is 7.11. The average Bonchev–Trinajstić information content (AvgIpc) is 2.47. The highest BCUT2D eigenvalue weighted by atomic mass is 32.2. The van der Waals surface area contributed by atoms with Crippen LogP contribution in [0.1, 0.15) is 11.1 Å². The first-order chi connectivity index (χ1) is 10.1. The van der Waals surface area contributed by atoms with Gasteiger partial charge in [-0.25, -0.2) is 13.6 Å². The van der Waals surface area contributed by atoms with Gasteiger partial charge in [-0.05, 0) is 35.4 Å². The molecule has 0 bridgehead atoms. The van der Waals surface area contributed by atoms with E-state index in [1.807, 2.05) is 12.1 Å². The second-order valence-corrected chi connectivity index (χ2v) is 5.25. The zero-order valence-corrected chi connectivity index (χ0v) is 11.7. The highest BCUT2D eigenvalue weighted by Gasteiger charge is 2.06. The Morgan fingerprint density at radius 1 is 1.19 bits per heavy atom. The molecule has 0 radical (unpaired) electrons. The molecule has 0 saturated heterocycles. The number of thioether (sulfide) groups is 1. The Bertz CT molecular complexity index is 684. The number of hydrogen-bond donors (Lipinski definition) is 1. The van der Waals surface area contributed by atoms with Crippen LogP contribution in [0.15, 0.2) is 53.4 Å². The summed E-state index contributed by atoms with van der Waals surface area (Å²) >= 11 is 1.17. The summed E-state index contributed by atoms with van der Waals surface area (Å²) in [6.07, 6.45) is 2.53. The van der Waals surface area contributed by atoms with Crippen LogP contribution in [0.25, 0.3) is 6.08 Å². The molecule has 0 heterocycles. The number of carboxylic acids is 1. The van der Waals surface area contributed by atoms with Crippen LogP contribution < -0.4 is 0 Å². The standard InChI is InChI=1S/C16H12F2O2S/c17-13-6-7-14(18)15(9-13)21-10-12-4-2-1-3-11(12)5-8-16(19)20/h1-9H,10H2,(H,19,20). The van der Waals surface area contributed by atoms with Gasteiger partial charge in [0.05, 0.1) is 0 Å². The smallest absolute Gasteiger partial charge is 0.328 e. The average molecular weight is 306 g/mol. The summed E-state index contributed by atoms with van der Waals surface area (Å²) in [6.45, 7) is 0. The highest BCUT2D eigenvalue weighted by molar-refractivity contribution is 7.98. The molecule has 108 valence electrons. The topological polar surface area (TPSA) is 37.3 Å². The van der Waals surface area contributed by atoms with Crippen LogP contribution in [0.4, 0.5) is 8.78 Å². The minimum atomic E-state index is -1.03. The summed E-state index contributed by atoms with van der Waals surface area (Å²) in [5.41, 5.74) is 1.59. The van der Waals surface area contributed by atoms with Gasteiger partial charge >= 0.3 is 5.97 Å². The third-order valence-corrected chi connectivity index (χ3v) is 3.82. The largest absolute Gasteiger partial charge is 0.478 e. The summed E-state index contributed by atoms with van der Waals surface area (Å²) < 4.78 is 26.7. The van der Waals surface area contributed by atoms with E-state index in [-0.39, 0.29) is 4.90 Å². The molecule has 0 amide bonds. The molecule has 21 heavy (non-hydrogen) atoms. The van der Waals surface area contributed by atoms with Gasteiger partial charge in [-0.1, -0.05) is 24.3 Å². The molecule has 0 aliphatic rings. The van der Waals surface area contributed by atoms with Crippen molar-refractivity contribution >= 4 is 23.8 Å². The van der Waals surface area contributed by atoms with Gasteiger partial charge in [0, 0.05) is 16.7 Å². The monoisotopic (exact) mass is 306 g/mol. The number of aliphatic carboxylic acids is 1. The molecule has 5 heteroatoms. The van der Waals surface area contributed by atoms with E-state index in [1.54, 1.807) is 12.1 Å². The van der Waals surface area contributed by atoms with Crippen LogP contribution in [0.5, 0.6) is 0 Å². The molecule has 0 aromatic heterocycles. The molecule has 0 spiro atoms. The van der Waals surface area contributed by atoms with Crippen LogP contribution >= 0.6 is 11.8 Å². The van der Waals surface area contributed by atoms with E-state index in [2.05, 4.69) is 0 Å². The number of halogens is 2. The van der Waals surface area contributed by atoms with Gasteiger partial charge in [0.2, 0.25) is 0 Å². The zero-order valence-electron chi connectivity index (χ0n) is 10.9. The Morgan fingerprint density at radius 3 is 2.71 bits per heavy atom. The lowest BCUT2D eigenvalue weighted by atomic mass is 10.1. The molecule has 2 aromatic carbocycles. The molecular weight excluding hydrogens is 294 g/mol. The van der Waals surface area contributed by atoms with Crippen molar-refractivity contribution < 1.29 is 18.7 Å². The molecule has 2 aromatic rings. The fourth-order valence-corrected chi connectivity index (χ4v) is 2.71. The second kappa shape index (κ2) is 7.04. The van der Waals surface area contributed by atoms with Crippen LogP contribution in [0.2, 0.25) is 0 Å². The maximum absolute atomic E-state index is 13.5. The quantitative estimate of drug-likeness (QED) is 0.659. The van der Waals surface area contributed by atoms with Gasteiger partial charge in [-0.2, -0.15) is 0 Å². The summed E-state index contributed by atoms with van der Waals surface area (Å²) in [7, 11) is 0. The van der Waals surface area contributed by atoms with E-state index >= 15 is 0 Å². The van der Waals surface area contributed by atoms with E-state index in [9.17, 15) is 13.6 Å². The van der Waals surface area contributed by atoms with Crippen LogP contribution in [0, 0.1) is 11.6 Å². The fraction of sp³-hybridized carbons (Fsp3) is 0.0625. The van der Waals surface area contributed by atoms with Crippen molar-refractivity contribution in [1.82, 2.24) is 0 Å². The zero-order chi connectivity index (χ0) is 15.2. The molecule has 2 rings (SSSR count). The molecule has 1 N–H and O–H groups in total. The lowest BCUT2D eigenvalue weighted by Gasteiger charge is -2.07. The van der Waals surface area contributed by atoms with E-state index in [0.717, 1.165) is 35.4 Å². The predicted octanol–water partition coefficient (Wildman–Crippen LogP) is 4.35. The molecule has 0 aliphatic carbocycles. The van der Waals surface area contributed by atoms with Gasteiger partial charge < -0.3 is 5.11 Å². The van der Waals surface area contributed by atoms with Crippen molar-refractivity contribution in [3.05, 3.63) is 71.3 Å². The SMILES string of the molecule is O=C(O)C=Cc1ccccc1CSc1cc(F)ccc1F.